The van der Waals surface area contributed by atoms with E-state index >= 15 is 0 Å². The summed E-state index contributed by atoms with van der Waals surface area (Å²) in [6.45, 7) is 3.20. The number of ether oxygens (including phenoxy) is 1. The SMILES string of the molecule is CC(CCCO)NC1CCOc2ccc(Br)cc21. The van der Waals surface area contributed by atoms with Crippen molar-refractivity contribution in [3.63, 3.8) is 0 Å². The lowest BCUT2D eigenvalue weighted by molar-refractivity contribution is 0.237. The minimum absolute atomic E-state index is 0.266. The summed E-state index contributed by atoms with van der Waals surface area (Å²) in [5, 5.41) is 12.5. The Hall–Kier alpha value is -0.580. The summed E-state index contributed by atoms with van der Waals surface area (Å²) in [7, 11) is 0. The summed E-state index contributed by atoms with van der Waals surface area (Å²) in [6.07, 6.45) is 2.84. The zero-order valence-electron chi connectivity index (χ0n) is 10.7. The third-order valence-corrected chi connectivity index (χ3v) is 3.79. The molecule has 0 aromatic heterocycles. The molecule has 4 heteroatoms. The van der Waals surface area contributed by atoms with Crippen molar-refractivity contribution in [2.75, 3.05) is 13.2 Å². The molecule has 0 saturated heterocycles. The van der Waals surface area contributed by atoms with Crippen molar-refractivity contribution < 1.29 is 9.84 Å². The van der Waals surface area contributed by atoms with E-state index in [4.69, 9.17) is 9.84 Å². The fourth-order valence-corrected chi connectivity index (χ4v) is 2.74. The van der Waals surface area contributed by atoms with Gasteiger partial charge in [-0.2, -0.15) is 0 Å². The Bertz CT molecular complexity index is 397. The fourth-order valence-electron chi connectivity index (χ4n) is 2.36. The highest BCUT2D eigenvalue weighted by Gasteiger charge is 2.22. The molecule has 0 fully saturated rings. The van der Waals surface area contributed by atoms with Gasteiger partial charge in [0.2, 0.25) is 0 Å². The first-order valence-corrected chi connectivity index (χ1v) is 7.29. The summed E-state index contributed by atoms with van der Waals surface area (Å²) in [5.74, 6) is 0.983. The van der Waals surface area contributed by atoms with Gasteiger partial charge in [0.15, 0.2) is 0 Å². The van der Waals surface area contributed by atoms with E-state index in [2.05, 4.69) is 34.2 Å². The first kappa shape index (κ1) is 13.8. The molecule has 0 amide bonds. The highest BCUT2D eigenvalue weighted by atomic mass is 79.9. The van der Waals surface area contributed by atoms with Crippen LogP contribution in [0.5, 0.6) is 5.75 Å². The zero-order valence-corrected chi connectivity index (χ0v) is 12.2. The van der Waals surface area contributed by atoms with Gasteiger partial charge in [0.1, 0.15) is 5.75 Å². The molecule has 100 valence electrons. The molecular weight excluding hydrogens is 294 g/mol. The van der Waals surface area contributed by atoms with Crippen LogP contribution in [-0.4, -0.2) is 24.4 Å². The van der Waals surface area contributed by atoms with Gasteiger partial charge in [-0.05, 0) is 38.0 Å². The molecule has 1 aliphatic rings. The van der Waals surface area contributed by atoms with Gasteiger partial charge in [0, 0.05) is 35.1 Å². The number of benzene rings is 1. The maximum Gasteiger partial charge on any atom is 0.124 e. The summed E-state index contributed by atoms with van der Waals surface area (Å²) >= 11 is 3.51. The second-order valence-electron chi connectivity index (χ2n) is 4.81. The smallest absolute Gasteiger partial charge is 0.124 e. The molecule has 2 unspecified atom stereocenters. The lowest BCUT2D eigenvalue weighted by Gasteiger charge is -2.29. The molecule has 0 aliphatic carbocycles. The lowest BCUT2D eigenvalue weighted by Crippen LogP contribution is -2.33. The average Bonchev–Trinajstić information content (AvgIpc) is 2.37. The predicted molar refractivity (Wildman–Crippen MR) is 75.9 cm³/mol. The van der Waals surface area contributed by atoms with Gasteiger partial charge in [-0.3, -0.25) is 0 Å². The number of halogens is 1. The Balaban J connectivity index is 2.05. The number of rotatable bonds is 5. The van der Waals surface area contributed by atoms with Crippen molar-refractivity contribution in [1.29, 1.82) is 0 Å². The first-order chi connectivity index (χ1) is 8.70. The molecule has 1 aliphatic heterocycles. The number of nitrogens with one attached hydrogen (secondary N) is 1. The molecule has 3 nitrogen and oxygen atoms in total. The number of aliphatic hydroxyl groups is 1. The Labute approximate surface area is 117 Å². The van der Waals surface area contributed by atoms with Crippen LogP contribution in [0, 0.1) is 0 Å². The molecule has 0 saturated carbocycles. The lowest BCUT2D eigenvalue weighted by atomic mass is 9.99. The third-order valence-electron chi connectivity index (χ3n) is 3.29. The van der Waals surface area contributed by atoms with Crippen LogP contribution in [0.4, 0.5) is 0 Å². The minimum atomic E-state index is 0.266. The number of hydrogen-bond donors (Lipinski definition) is 2. The van der Waals surface area contributed by atoms with Crippen molar-refractivity contribution in [3.05, 3.63) is 28.2 Å². The summed E-state index contributed by atoms with van der Waals surface area (Å²) in [5.41, 5.74) is 1.23. The summed E-state index contributed by atoms with van der Waals surface area (Å²) in [4.78, 5) is 0. The van der Waals surface area contributed by atoms with Crippen LogP contribution in [-0.2, 0) is 0 Å². The van der Waals surface area contributed by atoms with E-state index in [0.29, 0.717) is 12.1 Å². The molecule has 1 aromatic carbocycles. The van der Waals surface area contributed by atoms with Crippen LogP contribution >= 0.6 is 15.9 Å². The molecule has 0 spiro atoms. The Morgan fingerprint density at radius 3 is 3.17 bits per heavy atom. The van der Waals surface area contributed by atoms with E-state index in [1.54, 1.807) is 0 Å². The highest BCUT2D eigenvalue weighted by molar-refractivity contribution is 9.10. The molecule has 2 rings (SSSR count). The zero-order chi connectivity index (χ0) is 13.0. The molecule has 2 N–H and O–H groups in total. The van der Waals surface area contributed by atoms with Gasteiger partial charge in [-0.1, -0.05) is 15.9 Å². The number of hydrogen-bond acceptors (Lipinski definition) is 3. The molecular formula is C14H20BrNO2. The Kier molecular flexibility index (Phi) is 5.03. The van der Waals surface area contributed by atoms with Crippen LogP contribution in [0.25, 0.3) is 0 Å². The minimum Gasteiger partial charge on any atom is -0.493 e. The van der Waals surface area contributed by atoms with Crippen LogP contribution in [0.1, 0.15) is 37.8 Å². The average molecular weight is 314 g/mol. The maximum atomic E-state index is 8.86. The molecule has 1 heterocycles. The largest absolute Gasteiger partial charge is 0.493 e. The van der Waals surface area contributed by atoms with Crippen molar-refractivity contribution in [3.8, 4) is 5.75 Å². The predicted octanol–water partition coefficient (Wildman–Crippen LogP) is 3.02. The third kappa shape index (κ3) is 3.46. The van der Waals surface area contributed by atoms with Crippen molar-refractivity contribution >= 4 is 15.9 Å². The van der Waals surface area contributed by atoms with Gasteiger partial charge in [0.05, 0.1) is 6.61 Å². The van der Waals surface area contributed by atoms with Crippen molar-refractivity contribution in [1.82, 2.24) is 5.32 Å². The number of aliphatic hydroxyl groups excluding tert-OH is 1. The molecule has 0 bridgehead atoms. The Morgan fingerprint density at radius 1 is 1.56 bits per heavy atom. The second-order valence-corrected chi connectivity index (χ2v) is 5.72. The quantitative estimate of drug-likeness (QED) is 0.878. The van der Waals surface area contributed by atoms with Gasteiger partial charge < -0.3 is 15.2 Å². The Morgan fingerprint density at radius 2 is 2.39 bits per heavy atom. The number of fused-ring (bicyclic) bond motifs is 1. The molecule has 2 atom stereocenters. The van der Waals surface area contributed by atoms with Gasteiger partial charge in [-0.15, -0.1) is 0 Å². The van der Waals surface area contributed by atoms with E-state index in [-0.39, 0.29) is 6.61 Å². The molecule has 0 radical (unpaired) electrons. The molecule has 1 aromatic rings. The van der Waals surface area contributed by atoms with Crippen LogP contribution in [0.15, 0.2) is 22.7 Å². The second kappa shape index (κ2) is 6.55. The van der Waals surface area contributed by atoms with Crippen LogP contribution in [0.2, 0.25) is 0 Å². The topological polar surface area (TPSA) is 41.5 Å². The summed E-state index contributed by atoms with van der Waals surface area (Å²) < 4.78 is 6.76. The van der Waals surface area contributed by atoms with E-state index in [9.17, 15) is 0 Å². The van der Waals surface area contributed by atoms with Crippen molar-refractivity contribution in [2.45, 2.75) is 38.3 Å². The van der Waals surface area contributed by atoms with Gasteiger partial charge in [0.25, 0.3) is 0 Å². The van der Waals surface area contributed by atoms with E-state index < -0.39 is 0 Å². The normalized spacial score (nSPS) is 20.1. The van der Waals surface area contributed by atoms with Crippen molar-refractivity contribution in [2.24, 2.45) is 0 Å². The van der Waals surface area contributed by atoms with E-state index in [0.717, 1.165) is 36.1 Å². The van der Waals surface area contributed by atoms with Crippen LogP contribution < -0.4 is 10.1 Å². The van der Waals surface area contributed by atoms with Crippen LogP contribution in [0.3, 0.4) is 0 Å². The molecule has 18 heavy (non-hydrogen) atoms. The first-order valence-electron chi connectivity index (χ1n) is 6.50. The maximum absolute atomic E-state index is 8.86. The monoisotopic (exact) mass is 313 g/mol. The fraction of sp³-hybridized carbons (Fsp3) is 0.571. The van der Waals surface area contributed by atoms with E-state index in [1.807, 2.05) is 12.1 Å². The van der Waals surface area contributed by atoms with Gasteiger partial charge in [-0.25, -0.2) is 0 Å². The summed E-state index contributed by atoms with van der Waals surface area (Å²) in [6, 6.07) is 6.92. The van der Waals surface area contributed by atoms with E-state index in [1.165, 1.54) is 5.56 Å². The highest BCUT2D eigenvalue weighted by Crippen LogP contribution is 2.34. The standard InChI is InChI=1S/C14H20BrNO2/c1-10(3-2-7-17)16-13-6-8-18-14-5-4-11(15)9-12(13)14/h4-5,9-10,13,16-17H,2-3,6-8H2,1H3. The van der Waals surface area contributed by atoms with Gasteiger partial charge >= 0.3 is 0 Å².